The molecule has 3 aromatic rings. The lowest BCUT2D eigenvalue weighted by Crippen LogP contribution is -2.53. The van der Waals surface area contributed by atoms with Gasteiger partial charge in [-0.15, -0.1) is 0 Å². The van der Waals surface area contributed by atoms with Crippen LogP contribution in [0, 0.1) is 13.8 Å². The average molecular weight is 377 g/mol. The summed E-state index contributed by atoms with van der Waals surface area (Å²) in [4.78, 5) is 14.3. The summed E-state index contributed by atoms with van der Waals surface area (Å²) >= 11 is 0. The highest BCUT2D eigenvalue weighted by Gasteiger charge is 2.28. The van der Waals surface area contributed by atoms with Crippen molar-refractivity contribution < 1.29 is 5.11 Å². The Bertz CT molecular complexity index is 958. The molecule has 4 rings (SSSR count). The van der Waals surface area contributed by atoms with Crippen molar-refractivity contribution in [3.8, 4) is 0 Å². The van der Waals surface area contributed by atoms with Crippen molar-refractivity contribution >= 4 is 16.6 Å². The molecule has 0 aliphatic carbocycles. The van der Waals surface area contributed by atoms with E-state index < -0.39 is 0 Å². The first kappa shape index (κ1) is 18.8. The Balaban J connectivity index is 1.58. The molecular formula is C23H28N4O. The Kier molecular flexibility index (Phi) is 5.55. The van der Waals surface area contributed by atoms with Crippen molar-refractivity contribution in [2.75, 3.05) is 31.1 Å². The zero-order chi connectivity index (χ0) is 19.5. The molecule has 2 aromatic heterocycles. The fraction of sp³-hybridized carbons (Fsp3) is 0.391. The summed E-state index contributed by atoms with van der Waals surface area (Å²) in [6, 6.07) is 17.0. The summed E-state index contributed by atoms with van der Waals surface area (Å²) in [5.74, 6) is 0. The van der Waals surface area contributed by atoms with Crippen molar-refractivity contribution in [2.24, 2.45) is 0 Å². The van der Waals surface area contributed by atoms with E-state index in [9.17, 15) is 5.11 Å². The number of benzene rings is 1. The number of aliphatic hydroxyl groups excluding tert-OH is 1. The van der Waals surface area contributed by atoms with Crippen molar-refractivity contribution in [1.82, 2.24) is 14.9 Å². The minimum atomic E-state index is 0.201. The van der Waals surface area contributed by atoms with Gasteiger partial charge in [0.15, 0.2) is 0 Å². The molecular weight excluding hydrogens is 348 g/mol. The fourth-order valence-electron chi connectivity index (χ4n) is 4.19. The van der Waals surface area contributed by atoms with Crippen LogP contribution in [-0.4, -0.2) is 52.3 Å². The number of hydrogen-bond acceptors (Lipinski definition) is 5. The first-order valence-corrected chi connectivity index (χ1v) is 10.0. The van der Waals surface area contributed by atoms with Crippen LogP contribution in [0.2, 0.25) is 0 Å². The Hall–Kier alpha value is -2.50. The minimum Gasteiger partial charge on any atom is -0.396 e. The van der Waals surface area contributed by atoms with Crippen LogP contribution in [0.25, 0.3) is 10.9 Å². The summed E-state index contributed by atoms with van der Waals surface area (Å²) < 4.78 is 0. The Morgan fingerprint density at radius 3 is 2.68 bits per heavy atom. The highest BCUT2D eigenvalue weighted by Crippen LogP contribution is 2.29. The molecule has 1 atom stereocenters. The van der Waals surface area contributed by atoms with E-state index in [2.05, 4.69) is 63.1 Å². The second-order valence-corrected chi connectivity index (χ2v) is 7.65. The van der Waals surface area contributed by atoms with Crippen LogP contribution >= 0.6 is 0 Å². The van der Waals surface area contributed by atoms with Crippen LogP contribution in [0.4, 0.5) is 5.69 Å². The number of aryl methyl sites for hydroxylation is 2. The number of nitrogens with zero attached hydrogens (tertiary/aromatic N) is 4. The lowest BCUT2D eigenvalue weighted by molar-refractivity contribution is 0.134. The van der Waals surface area contributed by atoms with E-state index in [1.54, 1.807) is 0 Å². The first-order chi connectivity index (χ1) is 13.6. The molecule has 146 valence electrons. The summed E-state index contributed by atoms with van der Waals surface area (Å²) in [6.07, 6.45) is 0.768. The van der Waals surface area contributed by atoms with E-state index in [1.807, 2.05) is 19.1 Å². The van der Waals surface area contributed by atoms with E-state index in [-0.39, 0.29) is 6.61 Å². The van der Waals surface area contributed by atoms with Gasteiger partial charge in [0.05, 0.1) is 11.2 Å². The molecule has 0 bridgehead atoms. The maximum atomic E-state index is 9.65. The zero-order valence-electron chi connectivity index (χ0n) is 16.7. The maximum absolute atomic E-state index is 9.65. The van der Waals surface area contributed by atoms with Crippen molar-refractivity contribution in [3.05, 3.63) is 65.6 Å². The molecule has 5 heteroatoms. The molecule has 0 spiro atoms. The Labute approximate surface area is 166 Å². The Morgan fingerprint density at radius 2 is 1.86 bits per heavy atom. The molecule has 5 nitrogen and oxygen atoms in total. The second-order valence-electron chi connectivity index (χ2n) is 7.65. The number of rotatable bonds is 5. The predicted octanol–water partition coefficient (Wildman–Crippen LogP) is 3.32. The molecule has 0 saturated carbocycles. The molecule has 3 heterocycles. The van der Waals surface area contributed by atoms with Gasteiger partial charge >= 0.3 is 0 Å². The van der Waals surface area contributed by atoms with Crippen LogP contribution in [0.1, 0.15) is 23.5 Å². The quantitative estimate of drug-likeness (QED) is 0.740. The number of pyridine rings is 2. The van der Waals surface area contributed by atoms with Gasteiger partial charge in [-0.1, -0.05) is 24.3 Å². The van der Waals surface area contributed by atoms with E-state index in [1.165, 1.54) is 11.1 Å². The monoisotopic (exact) mass is 376 g/mol. The van der Waals surface area contributed by atoms with E-state index >= 15 is 0 Å². The van der Waals surface area contributed by atoms with Crippen LogP contribution in [0.15, 0.2) is 48.5 Å². The molecule has 0 amide bonds. The van der Waals surface area contributed by atoms with Crippen molar-refractivity contribution in [2.45, 2.75) is 32.9 Å². The summed E-state index contributed by atoms with van der Waals surface area (Å²) in [5, 5.41) is 10.8. The number of aliphatic hydroxyl groups is 1. The minimum absolute atomic E-state index is 0.201. The fourth-order valence-corrected chi connectivity index (χ4v) is 4.19. The number of hydrogen-bond donors (Lipinski definition) is 1. The number of anilines is 1. The maximum Gasteiger partial charge on any atom is 0.0726 e. The molecule has 0 unspecified atom stereocenters. The molecule has 1 aliphatic rings. The molecule has 1 saturated heterocycles. The molecule has 1 N–H and O–H groups in total. The largest absolute Gasteiger partial charge is 0.396 e. The van der Waals surface area contributed by atoms with Gasteiger partial charge in [0.2, 0.25) is 0 Å². The lowest BCUT2D eigenvalue weighted by Gasteiger charge is -2.42. The van der Waals surface area contributed by atoms with Gasteiger partial charge in [0.25, 0.3) is 0 Å². The van der Waals surface area contributed by atoms with E-state index in [4.69, 9.17) is 0 Å². The third kappa shape index (κ3) is 4.01. The lowest BCUT2D eigenvalue weighted by atomic mass is 10.1. The van der Waals surface area contributed by atoms with Gasteiger partial charge in [-0.2, -0.15) is 0 Å². The number of fused-ring (bicyclic) bond motifs is 1. The van der Waals surface area contributed by atoms with Crippen molar-refractivity contribution in [3.63, 3.8) is 0 Å². The first-order valence-electron chi connectivity index (χ1n) is 10.0. The van der Waals surface area contributed by atoms with Crippen LogP contribution < -0.4 is 4.90 Å². The van der Waals surface area contributed by atoms with Gasteiger partial charge in [0.1, 0.15) is 0 Å². The molecule has 28 heavy (non-hydrogen) atoms. The van der Waals surface area contributed by atoms with Crippen molar-refractivity contribution in [1.29, 1.82) is 0 Å². The van der Waals surface area contributed by atoms with Gasteiger partial charge in [-0.25, -0.2) is 0 Å². The summed E-state index contributed by atoms with van der Waals surface area (Å²) in [5.41, 5.74) is 5.48. The average Bonchev–Trinajstić information content (AvgIpc) is 2.69. The molecule has 1 aliphatic heterocycles. The number of piperazine rings is 1. The highest BCUT2D eigenvalue weighted by molar-refractivity contribution is 5.92. The van der Waals surface area contributed by atoms with Gasteiger partial charge < -0.3 is 10.0 Å². The van der Waals surface area contributed by atoms with E-state index in [0.29, 0.717) is 6.04 Å². The topological polar surface area (TPSA) is 52.5 Å². The zero-order valence-corrected chi connectivity index (χ0v) is 16.7. The van der Waals surface area contributed by atoms with Crippen LogP contribution in [0.5, 0.6) is 0 Å². The second kappa shape index (κ2) is 8.25. The number of para-hydroxylation sites is 1. The van der Waals surface area contributed by atoms with Crippen LogP contribution in [0.3, 0.4) is 0 Å². The van der Waals surface area contributed by atoms with E-state index in [0.717, 1.165) is 55.2 Å². The number of aromatic nitrogens is 2. The highest BCUT2D eigenvalue weighted by atomic mass is 16.3. The summed E-state index contributed by atoms with van der Waals surface area (Å²) in [6.45, 7) is 7.93. The molecule has 1 aromatic carbocycles. The third-order valence-electron chi connectivity index (χ3n) is 5.54. The van der Waals surface area contributed by atoms with Crippen LogP contribution in [-0.2, 0) is 6.54 Å². The summed E-state index contributed by atoms with van der Waals surface area (Å²) in [7, 11) is 0. The smallest absolute Gasteiger partial charge is 0.0726 e. The molecule has 0 radical (unpaired) electrons. The van der Waals surface area contributed by atoms with Gasteiger partial charge in [-0.05, 0) is 44.5 Å². The van der Waals surface area contributed by atoms with Gasteiger partial charge in [-0.3, -0.25) is 14.9 Å². The Morgan fingerprint density at radius 1 is 1.00 bits per heavy atom. The van der Waals surface area contributed by atoms with Gasteiger partial charge in [0, 0.05) is 61.3 Å². The third-order valence-corrected chi connectivity index (χ3v) is 5.54. The molecule has 1 fully saturated rings. The predicted molar refractivity (Wildman–Crippen MR) is 114 cm³/mol. The standard InChI is InChI=1S/C23H28N4O/c1-17-6-5-7-19(24-17)15-26-11-12-27(16-20(26)10-13-28)23-14-18(2)25-22-9-4-3-8-21(22)23/h3-9,14,20,28H,10-13,15-16H2,1-2H3/t20-/m1/s1. The normalized spacial score (nSPS) is 18.0. The SMILES string of the molecule is Cc1cccc(CN2CCN(c3cc(C)nc4ccccc34)C[C@H]2CCO)n1.